The second-order valence-corrected chi connectivity index (χ2v) is 5.21. The van der Waals surface area contributed by atoms with Crippen LogP contribution in [0.3, 0.4) is 0 Å². The molecule has 1 atom stereocenters. The van der Waals surface area contributed by atoms with Crippen molar-refractivity contribution >= 4 is 17.4 Å². The number of benzene rings is 2. The summed E-state index contributed by atoms with van der Waals surface area (Å²) in [7, 11) is 0. The number of hydrogen-bond donors (Lipinski definition) is 1. The van der Waals surface area contributed by atoms with E-state index in [4.69, 9.17) is 0 Å². The molecular formula is C17H17N3O. The van der Waals surface area contributed by atoms with Crippen LogP contribution in [0.4, 0.5) is 0 Å². The molecule has 0 saturated carbocycles. The molecule has 1 unspecified atom stereocenters. The van der Waals surface area contributed by atoms with Crippen molar-refractivity contribution in [3.05, 3.63) is 59.9 Å². The zero-order chi connectivity index (χ0) is 14.8. The number of rotatable bonds is 4. The molecule has 21 heavy (non-hydrogen) atoms. The molecule has 1 amide bonds. The Kier molecular flexibility index (Phi) is 3.44. The van der Waals surface area contributed by atoms with Crippen molar-refractivity contribution in [2.75, 3.05) is 0 Å². The zero-order valence-electron chi connectivity index (χ0n) is 12.1. The van der Waals surface area contributed by atoms with Gasteiger partial charge in [-0.05, 0) is 49.2 Å². The van der Waals surface area contributed by atoms with Gasteiger partial charge < -0.3 is 5.32 Å². The number of amides is 1. The summed E-state index contributed by atoms with van der Waals surface area (Å²) in [5.41, 5.74) is 5.35. The summed E-state index contributed by atoms with van der Waals surface area (Å²) < 4.78 is 2.07. The number of nitrogens with zero attached hydrogens (tertiary/aromatic N) is 2. The number of aryl methyl sites for hydroxylation is 1. The Bertz CT molecular complexity index is 792. The topological polar surface area (TPSA) is 46.9 Å². The fourth-order valence-corrected chi connectivity index (χ4v) is 2.48. The quantitative estimate of drug-likeness (QED) is 0.746. The van der Waals surface area contributed by atoms with Gasteiger partial charge in [0.2, 0.25) is 6.41 Å². The van der Waals surface area contributed by atoms with Gasteiger partial charge in [-0.3, -0.25) is 9.36 Å². The summed E-state index contributed by atoms with van der Waals surface area (Å²) >= 11 is 0. The van der Waals surface area contributed by atoms with E-state index in [1.54, 1.807) is 0 Å². The molecule has 0 aliphatic heterocycles. The third-order valence-corrected chi connectivity index (χ3v) is 3.67. The Morgan fingerprint density at radius 3 is 2.86 bits per heavy atom. The van der Waals surface area contributed by atoms with Gasteiger partial charge in [0.25, 0.3) is 0 Å². The summed E-state index contributed by atoms with van der Waals surface area (Å²) in [5.74, 6) is 0. The van der Waals surface area contributed by atoms with E-state index >= 15 is 0 Å². The molecule has 0 saturated heterocycles. The van der Waals surface area contributed by atoms with E-state index in [9.17, 15) is 4.79 Å². The Labute approximate surface area is 123 Å². The van der Waals surface area contributed by atoms with Gasteiger partial charge in [-0.1, -0.05) is 18.2 Å². The molecular weight excluding hydrogens is 262 g/mol. The standard InChI is InChI=1S/C17H17N3O/c1-12-4-3-5-15(8-12)20-10-18-16-9-14(6-7-17(16)20)13(2)19-11-21/h3-11,13H,1-2H3,(H,19,21). The maximum atomic E-state index is 10.5. The first-order valence-electron chi connectivity index (χ1n) is 6.93. The Balaban J connectivity index is 2.05. The van der Waals surface area contributed by atoms with E-state index < -0.39 is 0 Å². The number of fused-ring (bicyclic) bond motifs is 1. The van der Waals surface area contributed by atoms with Crippen molar-refractivity contribution in [1.29, 1.82) is 0 Å². The average molecular weight is 279 g/mol. The first-order valence-corrected chi connectivity index (χ1v) is 6.93. The first kappa shape index (κ1) is 13.4. The molecule has 0 bridgehead atoms. The molecule has 3 aromatic rings. The average Bonchev–Trinajstić information content (AvgIpc) is 2.90. The SMILES string of the molecule is Cc1cccc(-n2cnc3cc(C(C)NC=O)ccc32)c1. The summed E-state index contributed by atoms with van der Waals surface area (Å²) in [4.78, 5) is 15.0. The lowest BCUT2D eigenvalue weighted by Crippen LogP contribution is -2.15. The van der Waals surface area contributed by atoms with Crippen LogP contribution in [-0.4, -0.2) is 16.0 Å². The fraction of sp³-hybridized carbons (Fsp3) is 0.176. The minimum absolute atomic E-state index is 0.0176. The van der Waals surface area contributed by atoms with Crippen LogP contribution in [0.15, 0.2) is 48.8 Å². The van der Waals surface area contributed by atoms with Gasteiger partial charge in [0, 0.05) is 5.69 Å². The van der Waals surface area contributed by atoms with E-state index in [2.05, 4.69) is 40.0 Å². The van der Waals surface area contributed by atoms with Gasteiger partial charge in [0.15, 0.2) is 0 Å². The van der Waals surface area contributed by atoms with Crippen LogP contribution < -0.4 is 5.32 Å². The normalized spacial score (nSPS) is 12.3. The number of carbonyl (C=O) groups excluding carboxylic acids is 1. The number of imidazole rings is 1. The smallest absolute Gasteiger partial charge is 0.207 e. The van der Waals surface area contributed by atoms with Crippen LogP contribution in [0.25, 0.3) is 16.7 Å². The van der Waals surface area contributed by atoms with Crippen LogP contribution in [0.5, 0.6) is 0 Å². The van der Waals surface area contributed by atoms with Crippen LogP contribution >= 0.6 is 0 Å². The minimum atomic E-state index is -0.0176. The Morgan fingerprint density at radius 2 is 2.10 bits per heavy atom. The van der Waals surface area contributed by atoms with Gasteiger partial charge in [0.1, 0.15) is 6.33 Å². The predicted molar refractivity (Wildman–Crippen MR) is 83.4 cm³/mol. The van der Waals surface area contributed by atoms with Gasteiger partial charge in [-0.15, -0.1) is 0 Å². The Morgan fingerprint density at radius 1 is 1.24 bits per heavy atom. The number of carbonyl (C=O) groups is 1. The summed E-state index contributed by atoms with van der Waals surface area (Å²) in [6.45, 7) is 4.03. The molecule has 0 radical (unpaired) electrons. The molecule has 3 rings (SSSR count). The maximum absolute atomic E-state index is 10.5. The minimum Gasteiger partial charge on any atom is -0.352 e. The lowest BCUT2D eigenvalue weighted by atomic mass is 10.1. The van der Waals surface area contributed by atoms with Crippen LogP contribution in [-0.2, 0) is 4.79 Å². The third kappa shape index (κ3) is 2.52. The number of hydrogen-bond acceptors (Lipinski definition) is 2. The van der Waals surface area contributed by atoms with Gasteiger partial charge in [-0.25, -0.2) is 4.98 Å². The molecule has 0 aliphatic carbocycles. The summed E-state index contributed by atoms with van der Waals surface area (Å²) in [6.07, 6.45) is 2.56. The lowest BCUT2D eigenvalue weighted by Gasteiger charge is -2.11. The highest BCUT2D eigenvalue weighted by molar-refractivity contribution is 5.78. The fourth-order valence-electron chi connectivity index (χ4n) is 2.48. The maximum Gasteiger partial charge on any atom is 0.207 e. The van der Waals surface area contributed by atoms with Crippen LogP contribution in [0.1, 0.15) is 24.1 Å². The Hall–Kier alpha value is -2.62. The van der Waals surface area contributed by atoms with E-state index in [1.165, 1.54) is 5.56 Å². The molecule has 2 aromatic carbocycles. The van der Waals surface area contributed by atoms with Crippen molar-refractivity contribution in [1.82, 2.24) is 14.9 Å². The highest BCUT2D eigenvalue weighted by Gasteiger charge is 2.09. The van der Waals surface area contributed by atoms with Crippen molar-refractivity contribution in [3.8, 4) is 5.69 Å². The number of aromatic nitrogens is 2. The largest absolute Gasteiger partial charge is 0.352 e. The molecule has 1 aromatic heterocycles. The van der Waals surface area contributed by atoms with Crippen molar-refractivity contribution in [3.63, 3.8) is 0 Å². The molecule has 0 spiro atoms. The highest BCUT2D eigenvalue weighted by Crippen LogP contribution is 2.22. The predicted octanol–water partition coefficient (Wildman–Crippen LogP) is 3.14. The molecule has 1 heterocycles. The molecule has 0 fully saturated rings. The second-order valence-electron chi connectivity index (χ2n) is 5.21. The molecule has 4 heteroatoms. The molecule has 0 aliphatic rings. The number of nitrogens with one attached hydrogen (secondary N) is 1. The lowest BCUT2D eigenvalue weighted by molar-refractivity contribution is -0.110. The van der Waals surface area contributed by atoms with Crippen LogP contribution in [0, 0.1) is 6.92 Å². The van der Waals surface area contributed by atoms with Crippen molar-refractivity contribution in [2.24, 2.45) is 0 Å². The molecule has 106 valence electrons. The van der Waals surface area contributed by atoms with Crippen molar-refractivity contribution in [2.45, 2.75) is 19.9 Å². The van der Waals surface area contributed by atoms with E-state index in [-0.39, 0.29) is 6.04 Å². The zero-order valence-corrected chi connectivity index (χ0v) is 12.1. The van der Waals surface area contributed by atoms with E-state index in [0.29, 0.717) is 0 Å². The summed E-state index contributed by atoms with van der Waals surface area (Å²) in [6, 6.07) is 14.4. The second kappa shape index (κ2) is 5.40. The summed E-state index contributed by atoms with van der Waals surface area (Å²) in [5, 5.41) is 2.76. The van der Waals surface area contributed by atoms with Gasteiger partial charge >= 0.3 is 0 Å². The van der Waals surface area contributed by atoms with Gasteiger partial charge in [0.05, 0.1) is 17.1 Å². The monoisotopic (exact) mass is 279 g/mol. The van der Waals surface area contributed by atoms with Crippen molar-refractivity contribution < 1.29 is 4.79 Å². The third-order valence-electron chi connectivity index (χ3n) is 3.67. The first-order chi connectivity index (χ1) is 10.2. The molecule has 4 nitrogen and oxygen atoms in total. The van der Waals surface area contributed by atoms with E-state index in [1.807, 2.05) is 37.5 Å². The highest BCUT2D eigenvalue weighted by atomic mass is 16.1. The van der Waals surface area contributed by atoms with Gasteiger partial charge in [-0.2, -0.15) is 0 Å². The molecule has 1 N–H and O–H groups in total. The van der Waals surface area contributed by atoms with Crippen LogP contribution in [0.2, 0.25) is 0 Å². The van der Waals surface area contributed by atoms with E-state index in [0.717, 1.165) is 28.7 Å².